The van der Waals surface area contributed by atoms with Gasteiger partial charge in [0.15, 0.2) is 0 Å². The number of hydrogen-bond acceptors (Lipinski definition) is 2. The van der Waals surface area contributed by atoms with Crippen molar-refractivity contribution in [2.45, 2.75) is 13.0 Å². The zero-order valence-electron chi connectivity index (χ0n) is 8.68. The summed E-state index contributed by atoms with van der Waals surface area (Å²) in [5.41, 5.74) is 1.97. The summed E-state index contributed by atoms with van der Waals surface area (Å²) in [6.45, 7) is 0.661. The molecule has 1 N–H and O–H groups in total. The zero-order valence-corrected chi connectivity index (χ0v) is 8.68. The van der Waals surface area contributed by atoms with Gasteiger partial charge in [0.2, 0.25) is 5.91 Å². The largest absolute Gasteiger partial charge is 0.311 e. The summed E-state index contributed by atoms with van der Waals surface area (Å²) in [6.07, 6.45) is 0.503. The Bertz CT molecular complexity index is 530. The van der Waals surface area contributed by atoms with Gasteiger partial charge in [-0.1, -0.05) is 30.3 Å². The molecule has 4 heteroatoms. The normalized spacial score (nSPS) is 14.4. The van der Waals surface area contributed by atoms with Crippen molar-refractivity contribution >= 4 is 11.7 Å². The van der Waals surface area contributed by atoms with Gasteiger partial charge in [-0.05, 0) is 0 Å². The average molecular weight is 213 g/mol. The van der Waals surface area contributed by atoms with Crippen molar-refractivity contribution in [1.82, 2.24) is 9.78 Å². The maximum atomic E-state index is 11.2. The van der Waals surface area contributed by atoms with Crippen LogP contribution in [0.3, 0.4) is 0 Å². The lowest BCUT2D eigenvalue weighted by Gasteiger charge is -2.13. The predicted molar refractivity (Wildman–Crippen MR) is 60.9 cm³/mol. The maximum Gasteiger partial charge on any atom is 0.227 e. The van der Waals surface area contributed by atoms with Crippen LogP contribution in [0, 0.1) is 0 Å². The average Bonchev–Trinajstić information content (AvgIpc) is 2.73. The third kappa shape index (κ3) is 1.48. The van der Waals surface area contributed by atoms with Gasteiger partial charge in [-0.15, -0.1) is 0 Å². The molecule has 4 nitrogen and oxygen atoms in total. The summed E-state index contributed by atoms with van der Waals surface area (Å²) >= 11 is 0. The Morgan fingerprint density at radius 3 is 2.88 bits per heavy atom. The predicted octanol–water partition coefficient (Wildman–Crippen LogP) is 1.89. The van der Waals surface area contributed by atoms with E-state index in [1.165, 1.54) is 0 Å². The van der Waals surface area contributed by atoms with Crippen molar-refractivity contribution in [2.75, 3.05) is 5.32 Å². The number of nitrogens with zero attached hydrogens (tertiary/aromatic N) is 2. The van der Waals surface area contributed by atoms with Gasteiger partial charge in [0.25, 0.3) is 0 Å². The van der Waals surface area contributed by atoms with Crippen LogP contribution in [0.4, 0.5) is 5.82 Å². The molecular formula is C12H11N3O. The smallest absolute Gasteiger partial charge is 0.227 e. The highest BCUT2D eigenvalue weighted by Crippen LogP contribution is 2.23. The van der Waals surface area contributed by atoms with Crippen LogP contribution in [0.15, 0.2) is 36.4 Å². The third-order valence-corrected chi connectivity index (χ3v) is 2.67. The number of amides is 1. The van der Waals surface area contributed by atoms with Gasteiger partial charge >= 0.3 is 0 Å². The molecule has 0 unspecified atom stereocenters. The molecule has 0 atom stereocenters. The van der Waals surface area contributed by atoms with E-state index in [2.05, 4.69) is 10.4 Å². The number of aromatic nitrogens is 2. The molecule has 1 aromatic carbocycles. The first-order valence-corrected chi connectivity index (χ1v) is 5.26. The summed E-state index contributed by atoms with van der Waals surface area (Å²) in [5.74, 6) is 0.849. The summed E-state index contributed by atoms with van der Waals surface area (Å²) in [5, 5.41) is 7.27. The molecule has 0 saturated heterocycles. The highest BCUT2D eigenvalue weighted by Gasteiger charge is 2.17. The quantitative estimate of drug-likeness (QED) is 0.786. The topological polar surface area (TPSA) is 46.9 Å². The van der Waals surface area contributed by atoms with E-state index in [0.29, 0.717) is 13.0 Å². The lowest BCUT2D eigenvalue weighted by atomic mass is 10.1. The van der Waals surface area contributed by atoms with E-state index in [0.717, 1.165) is 17.1 Å². The fourth-order valence-electron chi connectivity index (χ4n) is 1.85. The molecule has 0 bridgehead atoms. The first kappa shape index (κ1) is 9.15. The maximum absolute atomic E-state index is 11.2. The summed E-state index contributed by atoms with van der Waals surface area (Å²) in [7, 11) is 0. The second-order valence-electron chi connectivity index (χ2n) is 3.80. The standard InChI is InChI=1S/C12H11N3O/c16-12-6-7-15-11(13-12)8-10(14-15)9-4-2-1-3-5-9/h1-5,8H,6-7H2,(H,13,16). The number of carbonyl (C=O) groups excluding carboxylic acids is 1. The van der Waals surface area contributed by atoms with Crippen LogP contribution in [-0.4, -0.2) is 15.7 Å². The third-order valence-electron chi connectivity index (χ3n) is 2.67. The van der Waals surface area contributed by atoms with Crippen molar-refractivity contribution in [3.8, 4) is 11.3 Å². The number of aryl methyl sites for hydroxylation is 1. The van der Waals surface area contributed by atoms with Crippen LogP contribution in [0.2, 0.25) is 0 Å². The van der Waals surface area contributed by atoms with Gasteiger partial charge in [-0.2, -0.15) is 5.10 Å². The van der Waals surface area contributed by atoms with E-state index in [1.807, 2.05) is 41.1 Å². The van der Waals surface area contributed by atoms with Gasteiger partial charge in [0, 0.05) is 18.1 Å². The highest BCUT2D eigenvalue weighted by molar-refractivity contribution is 5.91. The Kier molecular flexibility index (Phi) is 1.99. The fourth-order valence-corrected chi connectivity index (χ4v) is 1.85. The molecule has 80 valence electrons. The Hall–Kier alpha value is -2.10. The van der Waals surface area contributed by atoms with E-state index < -0.39 is 0 Å². The summed E-state index contributed by atoms with van der Waals surface area (Å²) < 4.78 is 1.84. The number of benzene rings is 1. The van der Waals surface area contributed by atoms with Crippen molar-refractivity contribution in [2.24, 2.45) is 0 Å². The van der Waals surface area contributed by atoms with Crippen LogP contribution < -0.4 is 5.32 Å². The van der Waals surface area contributed by atoms with Gasteiger partial charge in [-0.25, -0.2) is 4.68 Å². The molecule has 3 rings (SSSR count). The van der Waals surface area contributed by atoms with E-state index in [1.54, 1.807) is 0 Å². The summed E-state index contributed by atoms with van der Waals surface area (Å²) in [6, 6.07) is 11.9. The molecule has 0 radical (unpaired) electrons. The first-order valence-electron chi connectivity index (χ1n) is 5.26. The van der Waals surface area contributed by atoms with E-state index in [9.17, 15) is 4.79 Å². The van der Waals surface area contributed by atoms with Crippen LogP contribution in [0.1, 0.15) is 6.42 Å². The second kappa shape index (κ2) is 3.48. The molecule has 0 aliphatic carbocycles. The number of carbonyl (C=O) groups is 1. The molecule has 16 heavy (non-hydrogen) atoms. The van der Waals surface area contributed by atoms with E-state index in [4.69, 9.17) is 0 Å². The molecule has 0 saturated carbocycles. The van der Waals surface area contributed by atoms with Gasteiger partial charge in [-0.3, -0.25) is 4.79 Å². The number of fused-ring (bicyclic) bond motifs is 1. The van der Waals surface area contributed by atoms with Crippen LogP contribution in [-0.2, 0) is 11.3 Å². The molecular weight excluding hydrogens is 202 g/mol. The van der Waals surface area contributed by atoms with Crippen molar-refractivity contribution in [1.29, 1.82) is 0 Å². The van der Waals surface area contributed by atoms with E-state index >= 15 is 0 Å². The Morgan fingerprint density at radius 2 is 2.06 bits per heavy atom. The molecule has 1 aliphatic rings. The van der Waals surface area contributed by atoms with Gasteiger partial charge < -0.3 is 5.32 Å². The van der Waals surface area contributed by atoms with Crippen molar-refractivity contribution < 1.29 is 4.79 Å². The molecule has 0 spiro atoms. The number of hydrogen-bond donors (Lipinski definition) is 1. The number of anilines is 1. The van der Waals surface area contributed by atoms with E-state index in [-0.39, 0.29) is 5.91 Å². The lowest BCUT2D eigenvalue weighted by Crippen LogP contribution is -2.23. The molecule has 2 aromatic rings. The minimum absolute atomic E-state index is 0.0620. The zero-order chi connectivity index (χ0) is 11.0. The lowest BCUT2D eigenvalue weighted by molar-refractivity contribution is -0.116. The molecule has 1 aliphatic heterocycles. The van der Waals surface area contributed by atoms with Crippen LogP contribution in [0.5, 0.6) is 0 Å². The van der Waals surface area contributed by atoms with Gasteiger partial charge in [0.05, 0.1) is 12.2 Å². The van der Waals surface area contributed by atoms with Crippen molar-refractivity contribution in [3.05, 3.63) is 36.4 Å². The second-order valence-corrected chi connectivity index (χ2v) is 3.80. The monoisotopic (exact) mass is 213 g/mol. The minimum Gasteiger partial charge on any atom is -0.311 e. The highest BCUT2D eigenvalue weighted by atomic mass is 16.1. The molecule has 0 fully saturated rings. The first-order chi connectivity index (χ1) is 7.83. The number of rotatable bonds is 1. The minimum atomic E-state index is 0.0620. The molecule has 1 aromatic heterocycles. The SMILES string of the molecule is O=C1CCn2nc(-c3ccccc3)cc2N1. The Labute approximate surface area is 92.9 Å². The summed E-state index contributed by atoms with van der Waals surface area (Å²) in [4.78, 5) is 11.2. The fraction of sp³-hybridized carbons (Fsp3) is 0.167. The number of nitrogens with one attached hydrogen (secondary N) is 1. The van der Waals surface area contributed by atoms with Gasteiger partial charge in [0.1, 0.15) is 5.82 Å². The molecule has 2 heterocycles. The Balaban J connectivity index is 2.02. The molecule has 1 amide bonds. The van der Waals surface area contributed by atoms with Crippen molar-refractivity contribution in [3.63, 3.8) is 0 Å². The Morgan fingerprint density at radius 1 is 1.25 bits per heavy atom. The van der Waals surface area contributed by atoms with Crippen LogP contribution >= 0.6 is 0 Å². The van der Waals surface area contributed by atoms with Crippen LogP contribution in [0.25, 0.3) is 11.3 Å².